The highest BCUT2D eigenvalue weighted by Crippen LogP contribution is 2.35. The molecule has 2 aromatic rings. The molecule has 24 heavy (non-hydrogen) atoms. The van der Waals surface area contributed by atoms with Crippen LogP contribution in [0.15, 0.2) is 48.0 Å². The van der Waals surface area contributed by atoms with Gasteiger partial charge in [0.25, 0.3) is 0 Å². The molecule has 0 unspecified atom stereocenters. The van der Waals surface area contributed by atoms with Gasteiger partial charge in [0.2, 0.25) is 0 Å². The number of ether oxygens (including phenoxy) is 1. The van der Waals surface area contributed by atoms with Crippen molar-refractivity contribution in [3.8, 4) is 11.5 Å². The lowest BCUT2D eigenvalue weighted by molar-refractivity contribution is 0.111. The number of aldehydes is 1. The van der Waals surface area contributed by atoms with E-state index in [9.17, 15) is 9.90 Å². The van der Waals surface area contributed by atoms with Crippen LogP contribution in [0, 0.1) is 0 Å². The summed E-state index contributed by atoms with van der Waals surface area (Å²) in [5.74, 6) is 0.127. The fourth-order valence-corrected chi connectivity index (χ4v) is 3.25. The number of benzene rings is 2. The Morgan fingerprint density at radius 1 is 1.08 bits per heavy atom. The largest absolute Gasteiger partial charge is 0.505 e. The van der Waals surface area contributed by atoms with Crippen LogP contribution >= 0.6 is 11.6 Å². The number of hydrogen-bond donors (Lipinski definition) is 1. The minimum atomic E-state index is -0.231. The van der Waals surface area contributed by atoms with Crippen molar-refractivity contribution in [2.75, 3.05) is 6.61 Å². The van der Waals surface area contributed by atoms with E-state index in [4.69, 9.17) is 16.3 Å². The smallest absolute Gasteiger partial charge is 0.157 e. The van der Waals surface area contributed by atoms with Crippen molar-refractivity contribution in [3.63, 3.8) is 0 Å². The molecule has 0 radical (unpaired) electrons. The highest BCUT2D eigenvalue weighted by atomic mass is 35.5. The summed E-state index contributed by atoms with van der Waals surface area (Å²) in [6.07, 6.45) is 4.91. The van der Waals surface area contributed by atoms with E-state index in [2.05, 4.69) is 12.1 Å². The van der Waals surface area contributed by atoms with Crippen LogP contribution < -0.4 is 4.74 Å². The summed E-state index contributed by atoms with van der Waals surface area (Å²) < 4.78 is 5.85. The SMILES string of the molecule is O=Cc1c(OCC2=C(c3ccccc3)CCCC2)ccc(Cl)c1O. The van der Waals surface area contributed by atoms with Gasteiger partial charge in [-0.05, 0) is 54.5 Å². The highest BCUT2D eigenvalue weighted by Gasteiger charge is 2.17. The number of hydrogen-bond acceptors (Lipinski definition) is 3. The second-order valence-electron chi connectivity index (χ2n) is 5.87. The van der Waals surface area contributed by atoms with E-state index in [0.717, 1.165) is 19.3 Å². The maximum atomic E-state index is 11.2. The molecule has 3 nitrogen and oxygen atoms in total. The first-order chi connectivity index (χ1) is 11.7. The number of rotatable bonds is 5. The van der Waals surface area contributed by atoms with Crippen LogP contribution in [0.25, 0.3) is 5.57 Å². The third-order valence-electron chi connectivity index (χ3n) is 4.35. The predicted molar refractivity (Wildman–Crippen MR) is 95.8 cm³/mol. The first-order valence-electron chi connectivity index (χ1n) is 8.06. The van der Waals surface area contributed by atoms with Crippen LogP contribution in [0.3, 0.4) is 0 Å². The van der Waals surface area contributed by atoms with Crippen LogP contribution in [-0.4, -0.2) is 18.0 Å². The number of phenols is 1. The van der Waals surface area contributed by atoms with Gasteiger partial charge in [-0.3, -0.25) is 4.79 Å². The number of carbonyl (C=O) groups is 1. The molecular weight excluding hydrogens is 324 g/mol. The molecule has 0 aromatic heterocycles. The van der Waals surface area contributed by atoms with Gasteiger partial charge in [-0.1, -0.05) is 41.9 Å². The molecule has 4 heteroatoms. The second-order valence-corrected chi connectivity index (χ2v) is 6.28. The van der Waals surface area contributed by atoms with E-state index in [1.807, 2.05) is 18.2 Å². The molecule has 0 atom stereocenters. The molecule has 0 heterocycles. The first kappa shape index (κ1) is 16.6. The summed E-state index contributed by atoms with van der Waals surface area (Å²) in [5.41, 5.74) is 3.90. The Morgan fingerprint density at radius 3 is 2.58 bits per heavy atom. The van der Waals surface area contributed by atoms with Crippen molar-refractivity contribution >= 4 is 23.5 Å². The topological polar surface area (TPSA) is 46.5 Å². The van der Waals surface area contributed by atoms with Crippen molar-refractivity contribution in [2.45, 2.75) is 25.7 Å². The average Bonchev–Trinajstić information content (AvgIpc) is 2.63. The summed E-state index contributed by atoms with van der Waals surface area (Å²) >= 11 is 5.84. The summed E-state index contributed by atoms with van der Waals surface area (Å²) in [6, 6.07) is 13.5. The van der Waals surface area contributed by atoms with Crippen molar-refractivity contribution in [1.82, 2.24) is 0 Å². The standard InChI is InChI=1S/C20H19ClO3/c21-18-10-11-19(17(12-22)20(18)23)24-13-15-8-4-5-9-16(15)14-6-2-1-3-7-14/h1-3,6-7,10-12,23H,4-5,8-9,13H2. The normalized spacial score (nSPS) is 14.5. The lowest BCUT2D eigenvalue weighted by Crippen LogP contribution is -2.09. The third kappa shape index (κ3) is 3.46. The molecule has 124 valence electrons. The third-order valence-corrected chi connectivity index (χ3v) is 4.66. The van der Waals surface area contributed by atoms with E-state index < -0.39 is 0 Å². The van der Waals surface area contributed by atoms with Crippen molar-refractivity contribution in [3.05, 3.63) is 64.2 Å². The predicted octanol–water partition coefficient (Wildman–Crippen LogP) is 5.26. The fourth-order valence-electron chi connectivity index (χ4n) is 3.08. The van der Waals surface area contributed by atoms with E-state index in [1.165, 1.54) is 29.2 Å². The van der Waals surface area contributed by atoms with Gasteiger partial charge in [-0.25, -0.2) is 0 Å². The summed E-state index contributed by atoms with van der Waals surface area (Å²) in [6.45, 7) is 0.409. The minimum Gasteiger partial charge on any atom is -0.505 e. The molecule has 0 fully saturated rings. The number of halogens is 1. The van der Waals surface area contributed by atoms with Crippen LogP contribution in [0.1, 0.15) is 41.6 Å². The quantitative estimate of drug-likeness (QED) is 0.753. The Hall–Kier alpha value is -2.26. The van der Waals surface area contributed by atoms with E-state index in [0.29, 0.717) is 18.6 Å². The molecule has 1 aliphatic carbocycles. The summed E-state index contributed by atoms with van der Waals surface area (Å²) in [5, 5.41) is 10.0. The van der Waals surface area contributed by atoms with Crippen LogP contribution in [-0.2, 0) is 0 Å². The molecule has 0 bridgehead atoms. The van der Waals surface area contributed by atoms with Crippen molar-refractivity contribution < 1.29 is 14.6 Å². The Kier molecular flexibility index (Phi) is 5.21. The summed E-state index contributed by atoms with van der Waals surface area (Å²) in [4.78, 5) is 11.2. The number of carbonyl (C=O) groups excluding carboxylic acids is 1. The van der Waals surface area contributed by atoms with Crippen LogP contribution in [0.5, 0.6) is 11.5 Å². The molecule has 2 aromatic carbocycles. The second kappa shape index (κ2) is 7.54. The maximum absolute atomic E-state index is 11.2. The fraction of sp³-hybridized carbons (Fsp3) is 0.250. The van der Waals surface area contributed by atoms with Crippen molar-refractivity contribution in [2.24, 2.45) is 0 Å². The number of allylic oxidation sites excluding steroid dienone is 1. The number of aromatic hydroxyl groups is 1. The van der Waals surface area contributed by atoms with Gasteiger partial charge in [0.1, 0.15) is 18.1 Å². The Balaban J connectivity index is 1.86. The molecule has 0 spiro atoms. The van der Waals surface area contributed by atoms with Gasteiger partial charge >= 0.3 is 0 Å². The molecular formula is C20H19ClO3. The highest BCUT2D eigenvalue weighted by molar-refractivity contribution is 6.32. The van der Waals surface area contributed by atoms with Gasteiger partial charge in [0.05, 0.1) is 10.6 Å². The van der Waals surface area contributed by atoms with E-state index in [-0.39, 0.29) is 16.3 Å². The summed E-state index contributed by atoms with van der Waals surface area (Å²) in [7, 11) is 0. The van der Waals surface area contributed by atoms with Crippen molar-refractivity contribution in [1.29, 1.82) is 0 Å². The van der Waals surface area contributed by atoms with Gasteiger partial charge in [0.15, 0.2) is 6.29 Å². The number of phenolic OH excluding ortho intramolecular Hbond substituents is 1. The zero-order valence-corrected chi connectivity index (χ0v) is 14.1. The molecule has 0 saturated heterocycles. The molecule has 0 amide bonds. The Bertz CT molecular complexity index is 766. The lowest BCUT2D eigenvalue weighted by atomic mass is 9.88. The van der Waals surface area contributed by atoms with E-state index >= 15 is 0 Å². The van der Waals surface area contributed by atoms with Crippen LogP contribution in [0.4, 0.5) is 0 Å². The average molecular weight is 343 g/mol. The molecule has 3 rings (SSSR count). The zero-order chi connectivity index (χ0) is 16.9. The molecule has 0 aliphatic heterocycles. The molecule has 0 saturated carbocycles. The van der Waals surface area contributed by atoms with Gasteiger partial charge < -0.3 is 9.84 Å². The monoisotopic (exact) mass is 342 g/mol. The lowest BCUT2D eigenvalue weighted by Gasteiger charge is -2.21. The van der Waals surface area contributed by atoms with Gasteiger partial charge in [-0.2, -0.15) is 0 Å². The minimum absolute atomic E-state index is 0.0974. The Morgan fingerprint density at radius 2 is 1.83 bits per heavy atom. The first-order valence-corrected chi connectivity index (χ1v) is 8.44. The van der Waals surface area contributed by atoms with Gasteiger partial charge in [-0.15, -0.1) is 0 Å². The van der Waals surface area contributed by atoms with E-state index in [1.54, 1.807) is 6.07 Å². The van der Waals surface area contributed by atoms with Gasteiger partial charge in [0, 0.05) is 0 Å². The zero-order valence-electron chi connectivity index (χ0n) is 13.3. The van der Waals surface area contributed by atoms with Crippen LogP contribution in [0.2, 0.25) is 5.02 Å². The maximum Gasteiger partial charge on any atom is 0.157 e. The Labute approximate surface area is 146 Å². The molecule has 1 N–H and O–H groups in total. The molecule has 1 aliphatic rings.